The van der Waals surface area contributed by atoms with Crippen molar-refractivity contribution in [2.75, 3.05) is 9.80 Å². The molecule has 0 bridgehead atoms. The van der Waals surface area contributed by atoms with E-state index in [9.17, 15) is 0 Å². The molecule has 0 amide bonds. The number of fused-ring (bicyclic) bond motifs is 9. The highest BCUT2D eigenvalue weighted by Crippen LogP contribution is 2.59. The van der Waals surface area contributed by atoms with E-state index in [1.54, 1.807) is 0 Å². The molecule has 20 aromatic carbocycles. The number of hydrogen-bond donors (Lipinski definition) is 0. The lowest BCUT2D eigenvalue weighted by atomic mass is 9.75. The van der Waals surface area contributed by atoms with Crippen molar-refractivity contribution in [3.8, 4) is 134 Å². The van der Waals surface area contributed by atoms with Crippen LogP contribution < -0.4 is 9.80 Å². The number of rotatable bonds is 18. The Balaban J connectivity index is 0.711. The molecule has 0 N–H and O–H groups in total. The Morgan fingerprint density at radius 1 is 0.185 bits per heavy atom. The molecule has 2 heteroatoms. The van der Waals surface area contributed by atoms with Crippen LogP contribution in [0, 0.1) is 0 Å². The van der Waals surface area contributed by atoms with Crippen LogP contribution in [0.25, 0.3) is 155 Å². The van der Waals surface area contributed by atoms with Gasteiger partial charge >= 0.3 is 0 Å². The first-order valence-corrected chi connectivity index (χ1v) is 43.3. The summed E-state index contributed by atoms with van der Waals surface area (Å²) in [4.78, 5) is 5.14. The maximum Gasteiger partial charge on any atom is 0.0546 e. The van der Waals surface area contributed by atoms with Crippen LogP contribution in [0.1, 0.15) is 48.6 Å². The SMILES string of the molecule is CC1(C)c2ccccc2-c2c(-c3cccc(N(c4cccc(-c5ccccc5)c4-c4ccccc4-c4ccccc4)c4cc5ccccc5c5cc(CC6(C)c7ccccc7-c7c(-c8cccc(N(c9ccccc9-c9ccc(-c%10ccccc%10)cc9)c9cccc(-c%10ccccc%10)c9-c9ccccc9-c9ccccc9)c8)cccc76)ccc45)c3)cccc21. The van der Waals surface area contributed by atoms with E-state index >= 15 is 0 Å². The molecule has 124 heavy (non-hydrogen) atoms. The molecule has 20 aromatic rings. The summed E-state index contributed by atoms with van der Waals surface area (Å²) < 4.78 is 0. The molecule has 0 aliphatic heterocycles. The van der Waals surface area contributed by atoms with Gasteiger partial charge in [0.15, 0.2) is 0 Å². The van der Waals surface area contributed by atoms with Crippen molar-refractivity contribution >= 4 is 55.7 Å². The van der Waals surface area contributed by atoms with E-state index in [1.807, 2.05) is 0 Å². The molecule has 0 spiro atoms. The molecule has 0 saturated heterocycles. The van der Waals surface area contributed by atoms with Crippen LogP contribution in [-0.4, -0.2) is 0 Å². The molecule has 0 radical (unpaired) electrons. The Kier molecular flexibility index (Phi) is 18.9. The summed E-state index contributed by atoms with van der Waals surface area (Å²) in [6.07, 6.45) is 0.753. The predicted octanol–water partition coefficient (Wildman–Crippen LogP) is 33.4. The molecule has 0 aromatic heterocycles. The van der Waals surface area contributed by atoms with Gasteiger partial charge in [0.25, 0.3) is 0 Å². The van der Waals surface area contributed by atoms with Crippen molar-refractivity contribution in [2.45, 2.75) is 38.0 Å². The van der Waals surface area contributed by atoms with Crippen LogP contribution in [-0.2, 0) is 17.3 Å². The summed E-state index contributed by atoms with van der Waals surface area (Å²) in [6, 6.07) is 174. The van der Waals surface area contributed by atoms with Crippen molar-refractivity contribution in [1.29, 1.82) is 0 Å². The Morgan fingerprint density at radius 2 is 0.532 bits per heavy atom. The second-order valence-electron chi connectivity index (χ2n) is 33.9. The Hall–Kier alpha value is -15.5. The van der Waals surface area contributed by atoms with Crippen molar-refractivity contribution in [3.05, 3.63) is 495 Å². The van der Waals surface area contributed by atoms with E-state index in [-0.39, 0.29) is 5.41 Å². The topological polar surface area (TPSA) is 6.48 Å². The summed E-state index contributed by atoms with van der Waals surface area (Å²) in [6.45, 7) is 7.26. The first-order chi connectivity index (χ1) is 61.2. The average Bonchev–Trinajstić information content (AvgIpc) is 1.57. The smallest absolute Gasteiger partial charge is 0.0546 e. The molecule has 0 heterocycles. The van der Waals surface area contributed by atoms with Gasteiger partial charge in [-0.1, -0.05) is 439 Å². The molecular weight excluding hydrogens is 1490 g/mol. The molecule has 2 aliphatic carbocycles. The van der Waals surface area contributed by atoms with Crippen LogP contribution in [0.5, 0.6) is 0 Å². The number of benzene rings is 20. The van der Waals surface area contributed by atoms with Gasteiger partial charge in [-0.3, -0.25) is 0 Å². The van der Waals surface area contributed by atoms with Gasteiger partial charge in [-0.05, 0) is 216 Å². The van der Waals surface area contributed by atoms with Gasteiger partial charge in [-0.2, -0.15) is 0 Å². The zero-order valence-corrected chi connectivity index (χ0v) is 69.6. The Labute approximate surface area is 726 Å². The largest absolute Gasteiger partial charge is 0.309 e. The van der Waals surface area contributed by atoms with E-state index in [0.717, 1.165) is 129 Å². The van der Waals surface area contributed by atoms with E-state index in [0.29, 0.717) is 0 Å². The monoisotopic (exact) mass is 1580 g/mol. The summed E-state index contributed by atoms with van der Waals surface area (Å²) in [5.41, 5.74) is 40.7. The van der Waals surface area contributed by atoms with Gasteiger partial charge in [-0.15, -0.1) is 0 Å². The number of para-hydroxylation sites is 1. The first-order valence-electron chi connectivity index (χ1n) is 43.3. The van der Waals surface area contributed by atoms with Gasteiger partial charge in [0.05, 0.1) is 22.7 Å². The minimum atomic E-state index is -0.445. The van der Waals surface area contributed by atoms with Gasteiger partial charge in [-0.25, -0.2) is 0 Å². The first kappa shape index (κ1) is 74.8. The maximum absolute atomic E-state index is 2.60. The third-order valence-corrected chi connectivity index (χ3v) is 26.3. The van der Waals surface area contributed by atoms with Crippen LogP contribution in [0.4, 0.5) is 34.1 Å². The van der Waals surface area contributed by atoms with Crippen molar-refractivity contribution in [2.24, 2.45) is 0 Å². The van der Waals surface area contributed by atoms with Crippen LogP contribution in [0.15, 0.2) is 467 Å². The molecule has 1 unspecified atom stereocenters. The molecule has 2 aliphatic rings. The Bertz CT molecular complexity index is 7470. The highest BCUT2D eigenvalue weighted by molar-refractivity contribution is 6.16. The van der Waals surface area contributed by atoms with Gasteiger partial charge in [0.1, 0.15) is 0 Å². The van der Waals surface area contributed by atoms with Crippen LogP contribution in [0.2, 0.25) is 0 Å². The lowest BCUT2D eigenvalue weighted by Gasteiger charge is -2.32. The zero-order chi connectivity index (χ0) is 82.8. The second-order valence-corrected chi connectivity index (χ2v) is 33.9. The number of anilines is 6. The zero-order valence-electron chi connectivity index (χ0n) is 69.6. The summed E-state index contributed by atoms with van der Waals surface area (Å²) >= 11 is 0. The number of hydrogen-bond acceptors (Lipinski definition) is 2. The highest BCUT2D eigenvalue weighted by atomic mass is 15.2. The standard InChI is InChI=1S/C122H88N2/c1-121(2)109-64-28-25-58-106(109)117-101(60-33-66-111(117)121)90-48-32-51-94(79-90)124(115-70-36-63-100(88-45-17-8-18-46-88)120(115)105-57-24-22-53-96(105)86-41-13-6-14-42-86)116-80-92-47-19-20-54-97(92)108-77-82(71-76-103(108)116)81-122(3)110-65-29-26-59-107(110)118-102(61-34-67-112(118)122)91-49-31-50-93(78-91)123(113-68-30-27-55-98(113)89-74-72-84(73-75-89)83-37-9-4-10-38-83)114-69-35-62-99(87-43-15-7-16-44-87)119(114)104-56-23-21-52-95(104)85-39-11-5-12-40-85/h4-80H,81H2,1-3H3. The quantitative estimate of drug-likeness (QED) is 0.0790. The van der Waals surface area contributed by atoms with Crippen molar-refractivity contribution in [1.82, 2.24) is 0 Å². The predicted molar refractivity (Wildman–Crippen MR) is 525 cm³/mol. The fourth-order valence-electron chi connectivity index (χ4n) is 20.6. The van der Waals surface area contributed by atoms with E-state index in [2.05, 4.69) is 498 Å². The lowest BCUT2D eigenvalue weighted by Crippen LogP contribution is -2.24. The average molecular weight is 1580 g/mol. The molecule has 0 fully saturated rings. The van der Waals surface area contributed by atoms with Crippen molar-refractivity contribution < 1.29 is 0 Å². The third-order valence-electron chi connectivity index (χ3n) is 26.3. The minimum absolute atomic E-state index is 0.163. The molecule has 1 atom stereocenters. The third kappa shape index (κ3) is 13.0. The van der Waals surface area contributed by atoms with Gasteiger partial charge < -0.3 is 9.80 Å². The second kappa shape index (κ2) is 31.3. The summed E-state index contributed by atoms with van der Waals surface area (Å²) in [7, 11) is 0. The van der Waals surface area contributed by atoms with E-state index < -0.39 is 5.41 Å². The van der Waals surface area contributed by atoms with Crippen LogP contribution >= 0.6 is 0 Å². The molecule has 586 valence electrons. The normalized spacial score (nSPS) is 13.4. The molecule has 22 rings (SSSR count). The fourth-order valence-corrected chi connectivity index (χ4v) is 20.6. The molecule has 2 nitrogen and oxygen atoms in total. The van der Waals surface area contributed by atoms with Crippen LogP contribution in [0.3, 0.4) is 0 Å². The van der Waals surface area contributed by atoms with Gasteiger partial charge in [0.2, 0.25) is 0 Å². The van der Waals surface area contributed by atoms with Gasteiger partial charge in [0, 0.05) is 44.3 Å². The van der Waals surface area contributed by atoms with Crippen molar-refractivity contribution in [3.63, 3.8) is 0 Å². The summed E-state index contributed by atoms with van der Waals surface area (Å²) in [5.74, 6) is 0. The van der Waals surface area contributed by atoms with E-state index in [4.69, 9.17) is 0 Å². The minimum Gasteiger partial charge on any atom is -0.309 e. The van der Waals surface area contributed by atoms with E-state index in [1.165, 1.54) is 94.0 Å². The highest BCUT2D eigenvalue weighted by Gasteiger charge is 2.42. The lowest BCUT2D eigenvalue weighted by molar-refractivity contribution is 0.583. The number of nitrogens with zero attached hydrogens (tertiary/aromatic N) is 2. The molecular formula is C122H88N2. The maximum atomic E-state index is 2.60. The Morgan fingerprint density at radius 3 is 1.08 bits per heavy atom. The fraction of sp³-hybridized carbons (Fsp3) is 0.0492. The molecule has 0 saturated carbocycles. The summed E-state index contributed by atoms with van der Waals surface area (Å²) in [5, 5.41) is 4.74.